The number of benzene rings is 3. The number of hydrogen-bond acceptors (Lipinski definition) is 5. The number of fused-ring (bicyclic) bond motifs is 1. The molecule has 168 valence electrons. The van der Waals surface area contributed by atoms with E-state index < -0.39 is 0 Å². The molecule has 0 aliphatic carbocycles. The summed E-state index contributed by atoms with van der Waals surface area (Å²) < 4.78 is 1.10. The van der Waals surface area contributed by atoms with E-state index in [9.17, 15) is 4.79 Å². The minimum atomic E-state index is 0.0101. The zero-order chi connectivity index (χ0) is 22.6. The Hall–Kier alpha value is -3.22. The first-order chi connectivity index (χ1) is 16.2. The lowest BCUT2D eigenvalue weighted by atomic mass is 9.88. The van der Waals surface area contributed by atoms with Crippen LogP contribution in [0.5, 0.6) is 0 Å². The van der Waals surface area contributed by atoms with Gasteiger partial charge in [-0.05, 0) is 36.4 Å². The highest BCUT2D eigenvalue weighted by Gasteiger charge is 2.20. The molecule has 0 saturated carbocycles. The molecule has 5 nitrogen and oxygen atoms in total. The lowest BCUT2D eigenvalue weighted by molar-refractivity contribution is -0.116. The number of likely N-dealkylation sites (N-methyl/N-ethyl adjacent to an activating group) is 1. The van der Waals surface area contributed by atoms with E-state index in [1.54, 1.807) is 11.3 Å². The van der Waals surface area contributed by atoms with Crippen LogP contribution < -0.4 is 10.2 Å². The van der Waals surface area contributed by atoms with Gasteiger partial charge in [-0.1, -0.05) is 72.0 Å². The molecule has 1 aliphatic rings. The number of carbonyl (C=O) groups excluding carboxylic acids is 1. The van der Waals surface area contributed by atoms with E-state index in [1.807, 2.05) is 54.6 Å². The minimum Gasteiger partial charge on any atom is -0.345 e. The fraction of sp³-hybridized carbons (Fsp3) is 0.259. The topological polar surface area (TPSA) is 48.5 Å². The summed E-state index contributed by atoms with van der Waals surface area (Å²) in [5.74, 6) is 0.0271. The molecule has 2 heterocycles. The molecular weight excluding hydrogens is 428 g/mol. The number of carbonyl (C=O) groups is 1. The van der Waals surface area contributed by atoms with Crippen molar-refractivity contribution in [3.63, 3.8) is 0 Å². The second-order valence-corrected chi connectivity index (χ2v) is 9.60. The molecule has 3 aromatic carbocycles. The van der Waals surface area contributed by atoms with Crippen molar-refractivity contribution in [3.8, 4) is 0 Å². The van der Waals surface area contributed by atoms with Crippen LogP contribution in [0.2, 0.25) is 0 Å². The van der Waals surface area contributed by atoms with Crippen LogP contribution in [0.15, 0.2) is 78.9 Å². The summed E-state index contributed by atoms with van der Waals surface area (Å²) in [6, 6.07) is 26.5. The Kier molecular flexibility index (Phi) is 6.37. The first-order valence-electron chi connectivity index (χ1n) is 11.4. The largest absolute Gasteiger partial charge is 0.345 e. The summed E-state index contributed by atoms with van der Waals surface area (Å²) in [6.45, 7) is 4.11. The number of nitrogens with one attached hydrogen (secondary N) is 1. The highest BCUT2D eigenvalue weighted by molar-refractivity contribution is 7.22. The quantitative estimate of drug-likeness (QED) is 0.433. The molecule has 5 rings (SSSR count). The van der Waals surface area contributed by atoms with E-state index in [0.29, 0.717) is 6.42 Å². The van der Waals surface area contributed by atoms with Crippen molar-refractivity contribution in [3.05, 3.63) is 90.0 Å². The number of aromatic nitrogens is 1. The Balaban J connectivity index is 1.31. The number of piperazine rings is 1. The molecule has 0 spiro atoms. The first kappa shape index (κ1) is 21.6. The van der Waals surface area contributed by atoms with Crippen LogP contribution >= 0.6 is 11.3 Å². The standard InChI is InChI=1S/C27H28N4OS/c1-30-14-16-31(17-15-30)27-29-24-13-12-22(18-25(24)33-27)28-26(32)19-23(20-8-4-2-5-9-20)21-10-6-3-7-11-21/h2-13,18,23H,14-17,19H2,1H3,(H,28,32). The van der Waals surface area contributed by atoms with Gasteiger partial charge in [0.1, 0.15) is 0 Å². The monoisotopic (exact) mass is 456 g/mol. The van der Waals surface area contributed by atoms with E-state index in [2.05, 4.69) is 46.4 Å². The average Bonchev–Trinajstić information content (AvgIpc) is 3.27. The molecule has 1 aliphatic heterocycles. The second-order valence-electron chi connectivity index (χ2n) is 8.60. The Morgan fingerprint density at radius 2 is 1.58 bits per heavy atom. The predicted octanol–water partition coefficient (Wildman–Crippen LogP) is 5.21. The highest BCUT2D eigenvalue weighted by atomic mass is 32.1. The Bertz CT molecular complexity index is 1180. The van der Waals surface area contributed by atoms with Crippen LogP contribution in [-0.2, 0) is 4.79 Å². The summed E-state index contributed by atoms with van der Waals surface area (Å²) in [5.41, 5.74) is 4.10. The maximum atomic E-state index is 13.1. The minimum absolute atomic E-state index is 0.0101. The third-order valence-corrected chi connectivity index (χ3v) is 7.31. The smallest absolute Gasteiger partial charge is 0.225 e. The summed E-state index contributed by atoms with van der Waals surface area (Å²) in [7, 11) is 2.16. The third kappa shape index (κ3) is 5.07. The van der Waals surface area contributed by atoms with Crippen molar-refractivity contribution in [1.82, 2.24) is 9.88 Å². The molecule has 1 aromatic heterocycles. The molecule has 0 unspecified atom stereocenters. The molecule has 1 N–H and O–H groups in total. The van der Waals surface area contributed by atoms with Gasteiger partial charge in [-0.3, -0.25) is 4.79 Å². The van der Waals surface area contributed by atoms with E-state index in [4.69, 9.17) is 4.98 Å². The van der Waals surface area contributed by atoms with Gasteiger partial charge in [0.05, 0.1) is 10.2 Å². The Morgan fingerprint density at radius 1 is 0.939 bits per heavy atom. The molecule has 0 bridgehead atoms. The average molecular weight is 457 g/mol. The van der Waals surface area contributed by atoms with Gasteiger partial charge >= 0.3 is 0 Å². The molecule has 1 saturated heterocycles. The van der Waals surface area contributed by atoms with Gasteiger partial charge in [-0.25, -0.2) is 4.98 Å². The van der Waals surface area contributed by atoms with Crippen molar-refractivity contribution in [2.24, 2.45) is 0 Å². The van der Waals surface area contributed by atoms with Gasteiger partial charge < -0.3 is 15.1 Å². The van der Waals surface area contributed by atoms with E-state index >= 15 is 0 Å². The third-order valence-electron chi connectivity index (χ3n) is 6.23. The van der Waals surface area contributed by atoms with Crippen LogP contribution in [0.25, 0.3) is 10.2 Å². The van der Waals surface area contributed by atoms with Gasteiger partial charge in [0.15, 0.2) is 5.13 Å². The van der Waals surface area contributed by atoms with Crippen molar-refractivity contribution < 1.29 is 4.79 Å². The zero-order valence-electron chi connectivity index (χ0n) is 18.8. The number of rotatable bonds is 6. The first-order valence-corrected chi connectivity index (χ1v) is 12.2. The molecule has 1 amide bonds. The summed E-state index contributed by atoms with van der Waals surface area (Å²) in [5, 5.41) is 4.18. The van der Waals surface area contributed by atoms with Crippen molar-refractivity contribution in [1.29, 1.82) is 0 Å². The molecule has 0 radical (unpaired) electrons. The normalized spacial score (nSPS) is 14.7. The maximum absolute atomic E-state index is 13.1. The van der Waals surface area contributed by atoms with Crippen LogP contribution in [0.4, 0.5) is 10.8 Å². The van der Waals surface area contributed by atoms with Crippen LogP contribution in [0.3, 0.4) is 0 Å². The lowest BCUT2D eigenvalue weighted by Gasteiger charge is -2.31. The van der Waals surface area contributed by atoms with Crippen LogP contribution in [0.1, 0.15) is 23.5 Å². The van der Waals surface area contributed by atoms with Crippen molar-refractivity contribution in [2.45, 2.75) is 12.3 Å². The Labute approximate surface area is 198 Å². The molecule has 0 atom stereocenters. The number of hydrogen-bond donors (Lipinski definition) is 1. The number of amides is 1. The molecular formula is C27H28N4OS. The Morgan fingerprint density at radius 3 is 2.21 bits per heavy atom. The number of nitrogens with zero attached hydrogens (tertiary/aromatic N) is 3. The summed E-state index contributed by atoms with van der Waals surface area (Å²) in [4.78, 5) is 22.6. The number of anilines is 2. The van der Waals surface area contributed by atoms with E-state index in [0.717, 1.165) is 58.3 Å². The highest BCUT2D eigenvalue weighted by Crippen LogP contribution is 2.32. The molecule has 33 heavy (non-hydrogen) atoms. The maximum Gasteiger partial charge on any atom is 0.225 e. The van der Waals surface area contributed by atoms with Gasteiger partial charge in [0, 0.05) is 44.2 Å². The van der Waals surface area contributed by atoms with Crippen LogP contribution in [-0.4, -0.2) is 49.0 Å². The molecule has 1 fully saturated rings. The van der Waals surface area contributed by atoms with Crippen molar-refractivity contribution in [2.75, 3.05) is 43.4 Å². The van der Waals surface area contributed by atoms with Gasteiger partial charge in [0.2, 0.25) is 5.91 Å². The lowest BCUT2D eigenvalue weighted by Crippen LogP contribution is -2.44. The molecule has 4 aromatic rings. The van der Waals surface area contributed by atoms with Crippen molar-refractivity contribution >= 4 is 38.3 Å². The SMILES string of the molecule is CN1CCN(c2nc3ccc(NC(=O)CC(c4ccccc4)c4ccccc4)cc3s2)CC1. The second kappa shape index (κ2) is 9.73. The summed E-state index contributed by atoms with van der Waals surface area (Å²) >= 11 is 1.70. The van der Waals surface area contributed by atoms with Crippen LogP contribution in [0, 0.1) is 0 Å². The zero-order valence-corrected chi connectivity index (χ0v) is 19.6. The van der Waals surface area contributed by atoms with Gasteiger partial charge in [-0.2, -0.15) is 0 Å². The van der Waals surface area contributed by atoms with Gasteiger partial charge in [0.25, 0.3) is 0 Å². The van der Waals surface area contributed by atoms with E-state index in [1.165, 1.54) is 0 Å². The fourth-order valence-electron chi connectivity index (χ4n) is 4.32. The number of thiazole rings is 1. The van der Waals surface area contributed by atoms with E-state index in [-0.39, 0.29) is 11.8 Å². The fourth-order valence-corrected chi connectivity index (χ4v) is 5.38. The van der Waals surface area contributed by atoms with Gasteiger partial charge in [-0.15, -0.1) is 0 Å². The molecule has 6 heteroatoms. The summed E-state index contributed by atoms with van der Waals surface area (Å²) in [6.07, 6.45) is 0.390. The predicted molar refractivity (Wildman–Crippen MR) is 137 cm³/mol.